The van der Waals surface area contributed by atoms with E-state index in [1.165, 1.54) is 0 Å². The third kappa shape index (κ3) is 3.57. The minimum Gasteiger partial charge on any atom is -0.482 e. The van der Waals surface area contributed by atoms with Crippen molar-refractivity contribution < 1.29 is 9.53 Å². The number of ketones is 1. The molecule has 3 aromatic rings. The molecule has 3 rings (SSSR count). The largest absolute Gasteiger partial charge is 0.482 e. The molecule has 0 radical (unpaired) electrons. The Balaban J connectivity index is 1.87. The summed E-state index contributed by atoms with van der Waals surface area (Å²) in [6, 6.07) is 21.0. The summed E-state index contributed by atoms with van der Waals surface area (Å²) in [6.07, 6.45) is 1.03. The van der Waals surface area contributed by atoms with Crippen LogP contribution in [0.25, 0.3) is 10.8 Å². The van der Waals surface area contributed by atoms with E-state index in [0.717, 1.165) is 17.2 Å². The van der Waals surface area contributed by atoms with Crippen molar-refractivity contribution in [1.82, 2.24) is 0 Å². The molecule has 1 atom stereocenters. The van der Waals surface area contributed by atoms with Gasteiger partial charge in [-0.05, 0) is 35.4 Å². The number of carbonyl (C=O) groups excluding carboxylic acids is 1. The summed E-state index contributed by atoms with van der Waals surface area (Å²) in [4.78, 5) is 12.9. The topological polar surface area (TPSA) is 52.3 Å². The van der Waals surface area contributed by atoms with Crippen LogP contribution in [-0.4, -0.2) is 11.9 Å². The highest BCUT2D eigenvalue weighted by Crippen LogP contribution is 2.22. The van der Waals surface area contributed by atoms with Gasteiger partial charge in [-0.15, -0.1) is 0 Å². The maximum absolute atomic E-state index is 12.9. The highest BCUT2D eigenvalue weighted by atomic mass is 16.5. The lowest BCUT2D eigenvalue weighted by atomic mass is 9.99. The Morgan fingerprint density at radius 3 is 2.54 bits per heavy atom. The highest BCUT2D eigenvalue weighted by Gasteiger charge is 2.21. The average molecular weight is 319 g/mol. The van der Waals surface area contributed by atoms with Crippen LogP contribution in [0.5, 0.6) is 5.75 Å². The molecule has 3 aromatic carbocycles. The Labute approximate surface area is 142 Å². The molecule has 0 fully saturated rings. The van der Waals surface area contributed by atoms with Crippen LogP contribution < -0.4 is 10.5 Å². The highest BCUT2D eigenvalue weighted by molar-refractivity contribution is 6.02. The monoisotopic (exact) mass is 319 g/mol. The van der Waals surface area contributed by atoms with E-state index in [0.29, 0.717) is 23.4 Å². The van der Waals surface area contributed by atoms with Crippen molar-refractivity contribution >= 4 is 22.2 Å². The van der Waals surface area contributed by atoms with Gasteiger partial charge in [-0.2, -0.15) is 0 Å². The van der Waals surface area contributed by atoms with E-state index < -0.39 is 6.10 Å². The lowest BCUT2D eigenvalue weighted by molar-refractivity contribution is 0.0777. The maximum Gasteiger partial charge on any atom is 0.203 e. The van der Waals surface area contributed by atoms with Gasteiger partial charge in [0.05, 0.1) is 0 Å². The molecule has 24 heavy (non-hydrogen) atoms. The SMILES string of the molecule is CCCC(Oc1cccc(N)c1)C(=O)c1ccc2ccccc2c1. The summed E-state index contributed by atoms with van der Waals surface area (Å²) in [5.41, 5.74) is 7.10. The third-order valence-corrected chi connectivity index (χ3v) is 4.01. The van der Waals surface area contributed by atoms with E-state index in [4.69, 9.17) is 10.5 Å². The molecule has 0 amide bonds. The van der Waals surface area contributed by atoms with Gasteiger partial charge in [0.2, 0.25) is 5.78 Å². The van der Waals surface area contributed by atoms with Crippen molar-refractivity contribution in [2.24, 2.45) is 0 Å². The number of carbonyl (C=O) groups is 1. The summed E-state index contributed by atoms with van der Waals surface area (Å²) in [5.74, 6) is 0.632. The third-order valence-electron chi connectivity index (χ3n) is 4.01. The van der Waals surface area contributed by atoms with E-state index in [9.17, 15) is 4.79 Å². The van der Waals surface area contributed by atoms with Crippen LogP contribution in [0.3, 0.4) is 0 Å². The summed E-state index contributed by atoms with van der Waals surface area (Å²) < 4.78 is 5.93. The Morgan fingerprint density at radius 1 is 1.00 bits per heavy atom. The molecule has 122 valence electrons. The molecule has 0 bridgehead atoms. The van der Waals surface area contributed by atoms with Crippen LogP contribution in [0.2, 0.25) is 0 Å². The number of benzene rings is 3. The van der Waals surface area contributed by atoms with Crippen molar-refractivity contribution in [2.75, 3.05) is 5.73 Å². The summed E-state index contributed by atoms with van der Waals surface area (Å²) in [6.45, 7) is 2.05. The second kappa shape index (κ2) is 7.18. The van der Waals surface area contributed by atoms with Crippen LogP contribution in [0.1, 0.15) is 30.1 Å². The number of hydrogen-bond donors (Lipinski definition) is 1. The van der Waals surface area contributed by atoms with Crippen LogP contribution in [0, 0.1) is 0 Å². The molecule has 2 N–H and O–H groups in total. The smallest absolute Gasteiger partial charge is 0.203 e. The molecule has 0 aliphatic heterocycles. The van der Waals surface area contributed by atoms with Crippen molar-refractivity contribution in [2.45, 2.75) is 25.9 Å². The number of fused-ring (bicyclic) bond motifs is 1. The lowest BCUT2D eigenvalue weighted by Crippen LogP contribution is -2.27. The first-order chi connectivity index (χ1) is 11.7. The van der Waals surface area contributed by atoms with Gasteiger partial charge >= 0.3 is 0 Å². The molecule has 0 aromatic heterocycles. The predicted octanol–water partition coefficient (Wildman–Crippen LogP) is 4.85. The van der Waals surface area contributed by atoms with Gasteiger partial charge in [-0.25, -0.2) is 0 Å². The lowest BCUT2D eigenvalue weighted by Gasteiger charge is -2.18. The first-order valence-electron chi connectivity index (χ1n) is 8.22. The molecule has 0 heterocycles. The molecule has 0 aliphatic rings. The van der Waals surface area contributed by atoms with E-state index in [-0.39, 0.29) is 5.78 Å². The van der Waals surface area contributed by atoms with Gasteiger partial charge < -0.3 is 10.5 Å². The fraction of sp³-hybridized carbons (Fsp3) is 0.190. The molecule has 1 unspecified atom stereocenters. The van der Waals surface area contributed by atoms with Crippen LogP contribution >= 0.6 is 0 Å². The molecular formula is C21H21NO2. The molecule has 0 saturated heterocycles. The van der Waals surface area contributed by atoms with Gasteiger partial charge in [0, 0.05) is 17.3 Å². The maximum atomic E-state index is 12.9. The van der Waals surface area contributed by atoms with Crippen molar-refractivity contribution in [3.8, 4) is 5.75 Å². The molecule has 0 saturated carbocycles. The number of nitrogens with two attached hydrogens (primary N) is 1. The van der Waals surface area contributed by atoms with E-state index >= 15 is 0 Å². The summed E-state index contributed by atoms with van der Waals surface area (Å²) >= 11 is 0. The minimum absolute atomic E-state index is 0.00466. The average Bonchev–Trinajstić information content (AvgIpc) is 2.60. The number of anilines is 1. The zero-order valence-electron chi connectivity index (χ0n) is 13.7. The van der Waals surface area contributed by atoms with Crippen molar-refractivity contribution in [3.63, 3.8) is 0 Å². The van der Waals surface area contributed by atoms with Crippen LogP contribution in [0.4, 0.5) is 5.69 Å². The number of ether oxygens (including phenoxy) is 1. The van der Waals surface area contributed by atoms with E-state index in [2.05, 4.69) is 0 Å². The fourth-order valence-electron chi connectivity index (χ4n) is 2.79. The Morgan fingerprint density at radius 2 is 1.79 bits per heavy atom. The van der Waals surface area contributed by atoms with Crippen molar-refractivity contribution in [1.29, 1.82) is 0 Å². The van der Waals surface area contributed by atoms with E-state index in [1.54, 1.807) is 12.1 Å². The first-order valence-corrected chi connectivity index (χ1v) is 8.22. The van der Waals surface area contributed by atoms with Crippen molar-refractivity contribution in [3.05, 3.63) is 72.3 Å². The predicted molar refractivity (Wildman–Crippen MR) is 98.5 cm³/mol. The zero-order chi connectivity index (χ0) is 16.9. The fourth-order valence-corrected chi connectivity index (χ4v) is 2.79. The molecular weight excluding hydrogens is 298 g/mol. The second-order valence-corrected chi connectivity index (χ2v) is 5.89. The Bertz CT molecular complexity index is 857. The van der Waals surface area contributed by atoms with Gasteiger partial charge in [0.15, 0.2) is 6.10 Å². The second-order valence-electron chi connectivity index (χ2n) is 5.89. The van der Waals surface area contributed by atoms with Crippen LogP contribution in [0.15, 0.2) is 66.7 Å². The number of nitrogen functional groups attached to an aromatic ring is 1. The zero-order valence-corrected chi connectivity index (χ0v) is 13.7. The Hall–Kier alpha value is -2.81. The number of rotatable bonds is 6. The van der Waals surface area contributed by atoms with Gasteiger partial charge in [-0.1, -0.05) is 55.8 Å². The molecule has 0 aliphatic carbocycles. The van der Waals surface area contributed by atoms with Crippen LogP contribution in [-0.2, 0) is 0 Å². The quantitative estimate of drug-likeness (QED) is 0.522. The molecule has 0 spiro atoms. The summed E-state index contributed by atoms with van der Waals surface area (Å²) in [7, 11) is 0. The summed E-state index contributed by atoms with van der Waals surface area (Å²) in [5, 5.41) is 2.18. The first kappa shape index (κ1) is 16.1. The minimum atomic E-state index is -0.502. The number of hydrogen-bond acceptors (Lipinski definition) is 3. The standard InChI is InChI=1S/C21H21NO2/c1-2-6-20(24-19-10-5-9-18(22)14-19)21(23)17-12-11-15-7-3-4-8-16(15)13-17/h3-5,7-14,20H,2,6,22H2,1H3. The normalized spacial score (nSPS) is 12.0. The molecule has 3 heteroatoms. The van der Waals surface area contributed by atoms with Gasteiger partial charge in [0.1, 0.15) is 5.75 Å². The van der Waals surface area contributed by atoms with E-state index in [1.807, 2.05) is 61.5 Å². The van der Waals surface area contributed by atoms with Gasteiger partial charge in [-0.3, -0.25) is 4.79 Å². The van der Waals surface area contributed by atoms with Gasteiger partial charge in [0.25, 0.3) is 0 Å². The molecule has 3 nitrogen and oxygen atoms in total. The Kier molecular flexibility index (Phi) is 4.80. The number of Topliss-reactive ketones (excluding diaryl/α,β-unsaturated/α-hetero) is 1.